The quantitative estimate of drug-likeness (QED) is 0.893. The lowest BCUT2D eigenvalue weighted by atomic mass is 10.1. The van der Waals surface area contributed by atoms with E-state index in [2.05, 4.69) is 5.32 Å². The predicted molar refractivity (Wildman–Crippen MR) is 79.5 cm³/mol. The molecule has 1 aromatic rings. The molecule has 6 heteroatoms. The number of hydrogen-bond donors (Lipinski definition) is 2. The largest absolute Gasteiger partial charge is 0.478 e. The van der Waals surface area contributed by atoms with Gasteiger partial charge in [0.25, 0.3) is 0 Å². The molecule has 1 aromatic carbocycles. The number of carboxylic acid groups (broad SMARTS) is 1. The van der Waals surface area contributed by atoms with Crippen LogP contribution in [0.15, 0.2) is 18.2 Å². The van der Waals surface area contributed by atoms with E-state index in [-0.39, 0.29) is 28.3 Å². The van der Waals surface area contributed by atoms with Gasteiger partial charge in [0.1, 0.15) is 5.56 Å². The lowest BCUT2D eigenvalue weighted by Gasteiger charge is -2.28. The molecule has 0 spiro atoms. The molecule has 0 heterocycles. The van der Waals surface area contributed by atoms with Crippen molar-refractivity contribution >= 4 is 29.3 Å². The van der Waals surface area contributed by atoms with Crippen molar-refractivity contribution in [3.05, 3.63) is 28.8 Å². The van der Waals surface area contributed by atoms with Crippen molar-refractivity contribution < 1.29 is 14.7 Å². The Balaban J connectivity index is 2.97. The fourth-order valence-electron chi connectivity index (χ4n) is 1.68. The molecule has 110 valence electrons. The molecule has 0 saturated carbocycles. The van der Waals surface area contributed by atoms with Crippen molar-refractivity contribution in [2.75, 3.05) is 12.4 Å². The molecule has 2 N–H and O–H groups in total. The SMILES string of the molecule is CC(C)C(C)N(C)C(=O)Nc1cccc(Cl)c1C(=O)O. The standard InChI is InChI=1S/C14H19ClN2O3/c1-8(2)9(3)17(4)14(20)16-11-7-5-6-10(15)12(11)13(18)19/h5-9H,1-4H3,(H,16,20)(H,18,19). The molecule has 0 saturated heterocycles. The maximum atomic E-state index is 12.1. The van der Waals surface area contributed by atoms with E-state index in [0.717, 1.165) is 0 Å². The Kier molecular flexibility index (Phi) is 5.39. The van der Waals surface area contributed by atoms with Crippen molar-refractivity contribution in [3.8, 4) is 0 Å². The molecule has 0 radical (unpaired) electrons. The maximum Gasteiger partial charge on any atom is 0.339 e. The second-order valence-corrected chi connectivity index (χ2v) is 5.40. The van der Waals surface area contributed by atoms with Crippen LogP contribution in [0.2, 0.25) is 5.02 Å². The fourth-order valence-corrected chi connectivity index (χ4v) is 1.94. The number of amides is 2. The van der Waals surface area contributed by atoms with E-state index in [4.69, 9.17) is 16.7 Å². The number of nitrogens with zero attached hydrogens (tertiary/aromatic N) is 1. The zero-order valence-electron chi connectivity index (χ0n) is 12.0. The van der Waals surface area contributed by atoms with Gasteiger partial charge in [0, 0.05) is 13.1 Å². The number of aromatic carboxylic acids is 1. The molecule has 0 fully saturated rings. The molecule has 2 amide bonds. The van der Waals surface area contributed by atoms with Gasteiger partial charge in [-0.15, -0.1) is 0 Å². The van der Waals surface area contributed by atoms with Crippen LogP contribution in [-0.4, -0.2) is 35.1 Å². The minimum Gasteiger partial charge on any atom is -0.478 e. The number of rotatable bonds is 4. The third-order valence-corrected chi connectivity index (χ3v) is 3.68. The van der Waals surface area contributed by atoms with E-state index in [1.54, 1.807) is 13.1 Å². The summed E-state index contributed by atoms with van der Waals surface area (Å²) < 4.78 is 0. The highest BCUT2D eigenvalue weighted by atomic mass is 35.5. The average Bonchev–Trinajstić information content (AvgIpc) is 2.36. The molecule has 0 bridgehead atoms. The van der Waals surface area contributed by atoms with E-state index in [1.165, 1.54) is 17.0 Å². The van der Waals surface area contributed by atoms with Gasteiger partial charge in [0.2, 0.25) is 0 Å². The van der Waals surface area contributed by atoms with E-state index in [0.29, 0.717) is 5.92 Å². The number of carbonyl (C=O) groups excluding carboxylic acids is 1. The minimum atomic E-state index is -1.18. The summed E-state index contributed by atoms with van der Waals surface area (Å²) in [5.41, 5.74) is 0.0888. The van der Waals surface area contributed by atoms with E-state index < -0.39 is 5.97 Å². The Bertz CT molecular complexity index is 517. The van der Waals surface area contributed by atoms with E-state index in [1.807, 2.05) is 20.8 Å². The van der Waals surface area contributed by atoms with Gasteiger partial charge >= 0.3 is 12.0 Å². The van der Waals surface area contributed by atoms with E-state index >= 15 is 0 Å². The van der Waals surface area contributed by atoms with Crippen molar-refractivity contribution in [1.82, 2.24) is 4.90 Å². The first kappa shape index (κ1) is 16.3. The molecular formula is C14H19ClN2O3. The number of urea groups is 1. The van der Waals surface area contributed by atoms with Gasteiger partial charge in [0.15, 0.2) is 0 Å². The molecule has 0 aliphatic carbocycles. The van der Waals surface area contributed by atoms with Crippen LogP contribution in [0.1, 0.15) is 31.1 Å². The highest BCUT2D eigenvalue weighted by Crippen LogP contribution is 2.24. The van der Waals surface area contributed by atoms with E-state index in [9.17, 15) is 9.59 Å². The lowest BCUT2D eigenvalue weighted by molar-refractivity contribution is 0.0698. The Hall–Kier alpha value is -1.75. The number of nitrogens with one attached hydrogen (secondary N) is 1. The molecule has 20 heavy (non-hydrogen) atoms. The minimum absolute atomic E-state index is 0.0301. The molecule has 1 unspecified atom stereocenters. The van der Waals surface area contributed by atoms with Crippen LogP contribution in [0.5, 0.6) is 0 Å². The molecule has 0 aliphatic heterocycles. The molecule has 0 aromatic heterocycles. The summed E-state index contributed by atoms with van der Waals surface area (Å²) in [5.74, 6) is -0.880. The fraction of sp³-hybridized carbons (Fsp3) is 0.429. The smallest absolute Gasteiger partial charge is 0.339 e. The van der Waals surface area contributed by atoms with Crippen LogP contribution in [0, 0.1) is 5.92 Å². The molecule has 1 atom stereocenters. The Morgan fingerprint density at radius 1 is 1.30 bits per heavy atom. The summed E-state index contributed by atoms with van der Waals surface area (Å²) >= 11 is 5.85. The lowest BCUT2D eigenvalue weighted by Crippen LogP contribution is -2.41. The van der Waals surface area contributed by atoms with Crippen molar-refractivity contribution in [2.24, 2.45) is 5.92 Å². The normalized spacial score (nSPS) is 12.1. The number of benzene rings is 1. The number of carbonyl (C=O) groups is 2. The van der Waals surface area contributed by atoms with Crippen LogP contribution in [0.3, 0.4) is 0 Å². The number of hydrogen-bond acceptors (Lipinski definition) is 2. The molecule has 5 nitrogen and oxygen atoms in total. The first-order chi connectivity index (χ1) is 9.25. The van der Waals surface area contributed by atoms with Gasteiger partial charge in [-0.1, -0.05) is 31.5 Å². The third-order valence-electron chi connectivity index (χ3n) is 3.37. The number of carboxylic acids is 1. The highest BCUT2D eigenvalue weighted by molar-refractivity contribution is 6.34. The highest BCUT2D eigenvalue weighted by Gasteiger charge is 2.21. The van der Waals surface area contributed by atoms with Crippen LogP contribution in [0.4, 0.5) is 10.5 Å². The van der Waals surface area contributed by atoms with Crippen molar-refractivity contribution in [1.29, 1.82) is 0 Å². The Morgan fingerprint density at radius 2 is 1.90 bits per heavy atom. The molecular weight excluding hydrogens is 280 g/mol. The van der Waals surface area contributed by atoms with Crippen LogP contribution >= 0.6 is 11.6 Å². The van der Waals surface area contributed by atoms with Gasteiger partial charge in [-0.25, -0.2) is 9.59 Å². The monoisotopic (exact) mass is 298 g/mol. The topological polar surface area (TPSA) is 69.6 Å². The zero-order valence-corrected chi connectivity index (χ0v) is 12.7. The zero-order chi connectivity index (χ0) is 15.4. The summed E-state index contributed by atoms with van der Waals surface area (Å²) in [6.07, 6.45) is 0. The van der Waals surface area contributed by atoms with Crippen molar-refractivity contribution in [2.45, 2.75) is 26.8 Å². The second-order valence-electron chi connectivity index (χ2n) is 4.99. The van der Waals surface area contributed by atoms with Crippen LogP contribution in [-0.2, 0) is 0 Å². The Morgan fingerprint density at radius 3 is 2.40 bits per heavy atom. The molecule has 0 aliphatic rings. The Labute approximate surface area is 123 Å². The summed E-state index contributed by atoms with van der Waals surface area (Å²) in [6, 6.07) is 4.25. The van der Waals surface area contributed by atoms with Crippen LogP contribution < -0.4 is 5.32 Å². The summed E-state index contributed by atoms with van der Waals surface area (Å²) in [4.78, 5) is 24.8. The summed E-state index contributed by atoms with van der Waals surface area (Å²) in [5, 5.41) is 11.8. The predicted octanol–water partition coefficient (Wildman–Crippen LogP) is 3.55. The van der Waals surface area contributed by atoms with Crippen molar-refractivity contribution in [3.63, 3.8) is 0 Å². The maximum absolute atomic E-state index is 12.1. The summed E-state index contributed by atoms with van der Waals surface area (Å²) in [7, 11) is 1.67. The first-order valence-corrected chi connectivity index (χ1v) is 6.69. The molecule has 1 rings (SSSR count). The first-order valence-electron chi connectivity index (χ1n) is 6.31. The van der Waals surface area contributed by atoms with Gasteiger partial charge < -0.3 is 15.3 Å². The van der Waals surface area contributed by atoms with Crippen LogP contribution in [0.25, 0.3) is 0 Å². The average molecular weight is 299 g/mol. The second kappa shape index (κ2) is 6.61. The summed E-state index contributed by atoms with van der Waals surface area (Å²) in [6.45, 7) is 5.95. The van der Waals surface area contributed by atoms with Gasteiger partial charge in [0.05, 0.1) is 10.7 Å². The third kappa shape index (κ3) is 3.63. The number of anilines is 1. The van der Waals surface area contributed by atoms with Gasteiger partial charge in [-0.3, -0.25) is 0 Å². The van der Waals surface area contributed by atoms with Gasteiger partial charge in [-0.05, 0) is 25.0 Å². The number of halogens is 1. The van der Waals surface area contributed by atoms with Gasteiger partial charge in [-0.2, -0.15) is 0 Å².